The molecule has 2 aromatic rings. The summed E-state index contributed by atoms with van der Waals surface area (Å²) in [5, 5.41) is 9.69. The highest BCUT2D eigenvalue weighted by atomic mass is 19.4. The Labute approximate surface area is 232 Å². The highest BCUT2D eigenvalue weighted by Gasteiger charge is 2.42. The van der Waals surface area contributed by atoms with Crippen LogP contribution in [0.25, 0.3) is 17.0 Å². The molecule has 0 atom stereocenters. The average Bonchev–Trinajstić information content (AvgIpc) is 3.56. The highest BCUT2D eigenvalue weighted by Crippen LogP contribution is 2.35. The molecule has 0 spiro atoms. The number of nitrogens with zero attached hydrogens (tertiary/aromatic N) is 3. The fraction of sp³-hybridized carbons (Fsp3) is 0.621. The summed E-state index contributed by atoms with van der Waals surface area (Å²) in [5.74, 6) is -2.20. The lowest BCUT2D eigenvalue weighted by Gasteiger charge is -2.30. The van der Waals surface area contributed by atoms with Crippen LogP contribution in [0.15, 0.2) is 24.3 Å². The third-order valence-electron chi connectivity index (χ3n) is 8.42. The summed E-state index contributed by atoms with van der Waals surface area (Å²) in [7, 11) is 0. The summed E-state index contributed by atoms with van der Waals surface area (Å²) in [4.78, 5) is 24.5. The Kier molecular flexibility index (Phi) is 10.0. The van der Waals surface area contributed by atoms with Crippen LogP contribution in [0.1, 0.15) is 68.5 Å². The maximum atomic E-state index is 12.4. The van der Waals surface area contributed by atoms with E-state index in [2.05, 4.69) is 45.1 Å². The van der Waals surface area contributed by atoms with Gasteiger partial charge in [0.15, 0.2) is 0 Å². The number of alkyl halides is 3. The second-order valence-corrected chi connectivity index (χ2v) is 11.3. The smallest absolute Gasteiger partial charge is 0.412 e. The van der Waals surface area contributed by atoms with Crippen molar-refractivity contribution in [1.29, 1.82) is 0 Å². The van der Waals surface area contributed by atoms with E-state index in [4.69, 9.17) is 5.10 Å². The Morgan fingerprint density at radius 1 is 1.05 bits per heavy atom. The predicted octanol–water partition coefficient (Wildman–Crippen LogP) is 4.23. The first-order valence-electron chi connectivity index (χ1n) is 14.2. The van der Waals surface area contributed by atoms with Crippen LogP contribution in [0.4, 0.5) is 13.2 Å². The van der Waals surface area contributed by atoms with Crippen molar-refractivity contribution >= 4 is 28.9 Å². The van der Waals surface area contributed by atoms with Gasteiger partial charge in [-0.15, -0.1) is 0 Å². The SMILES string of the molecule is O.O=C(CN1CCC(c2nn(CC3CCCC3)c3cc(C=CC4CCNCC4)ccc23)CC1)OC(=O)C(F)(F)F. The van der Waals surface area contributed by atoms with Crippen molar-refractivity contribution in [2.24, 2.45) is 11.8 Å². The van der Waals surface area contributed by atoms with Gasteiger partial charge in [0, 0.05) is 17.8 Å². The van der Waals surface area contributed by atoms with E-state index < -0.39 is 18.1 Å². The lowest BCUT2D eigenvalue weighted by molar-refractivity contribution is -0.202. The van der Waals surface area contributed by atoms with Gasteiger partial charge in [-0.2, -0.15) is 18.3 Å². The number of benzene rings is 1. The molecular weight excluding hydrogens is 525 g/mol. The van der Waals surface area contributed by atoms with Crippen LogP contribution in [0.3, 0.4) is 0 Å². The van der Waals surface area contributed by atoms with Crippen molar-refractivity contribution in [3.63, 3.8) is 0 Å². The molecule has 3 heterocycles. The van der Waals surface area contributed by atoms with E-state index >= 15 is 0 Å². The second-order valence-electron chi connectivity index (χ2n) is 11.3. The third-order valence-corrected chi connectivity index (χ3v) is 8.42. The Balaban J connectivity index is 0.00000370. The molecule has 0 radical (unpaired) electrons. The van der Waals surface area contributed by atoms with Crippen molar-refractivity contribution in [1.82, 2.24) is 20.0 Å². The monoisotopic (exact) mass is 564 g/mol. The molecule has 1 saturated carbocycles. The van der Waals surface area contributed by atoms with Gasteiger partial charge in [-0.3, -0.25) is 14.4 Å². The number of fused-ring (bicyclic) bond motifs is 1. The summed E-state index contributed by atoms with van der Waals surface area (Å²) in [6.45, 7) is 3.75. The predicted molar refractivity (Wildman–Crippen MR) is 146 cm³/mol. The van der Waals surface area contributed by atoms with E-state index in [1.165, 1.54) is 31.2 Å². The molecule has 0 bridgehead atoms. The minimum absolute atomic E-state index is 0. The first-order chi connectivity index (χ1) is 18.8. The fourth-order valence-corrected chi connectivity index (χ4v) is 6.22. The van der Waals surface area contributed by atoms with E-state index in [1.54, 1.807) is 4.90 Å². The van der Waals surface area contributed by atoms with Crippen molar-refractivity contribution in [3.8, 4) is 0 Å². The minimum atomic E-state index is -5.18. The Hall–Kier alpha value is -2.76. The van der Waals surface area contributed by atoms with Crippen molar-refractivity contribution in [3.05, 3.63) is 35.5 Å². The number of hydrogen-bond donors (Lipinski definition) is 1. The zero-order valence-electron chi connectivity index (χ0n) is 22.7. The molecule has 40 heavy (non-hydrogen) atoms. The van der Waals surface area contributed by atoms with Gasteiger partial charge in [-0.05, 0) is 88.2 Å². The zero-order valence-corrected chi connectivity index (χ0v) is 22.7. The van der Waals surface area contributed by atoms with Gasteiger partial charge in [-0.1, -0.05) is 37.1 Å². The average molecular weight is 565 g/mol. The summed E-state index contributed by atoms with van der Waals surface area (Å²) < 4.78 is 43.3. The van der Waals surface area contributed by atoms with Crippen LogP contribution in [-0.2, 0) is 20.9 Å². The van der Waals surface area contributed by atoms with E-state index in [1.807, 2.05) is 0 Å². The van der Waals surface area contributed by atoms with Crippen LogP contribution in [0, 0.1) is 11.8 Å². The minimum Gasteiger partial charge on any atom is -0.412 e. The van der Waals surface area contributed by atoms with Crippen LogP contribution in [0.5, 0.6) is 0 Å². The molecule has 2 aliphatic heterocycles. The first-order valence-corrected chi connectivity index (χ1v) is 14.2. The van der Waals surface area contributed by atoms with Gasteiger partial charge < -0.3 is 15.5 Å². The molecule has 1 aliphatic carbocycles. The molecular formula is C29H39F3N4O4. The summed E-state index contributed by atoms with van der Waals surface area (Å²) in [6.07, 6.45) is 8.20. The number of ether oxygens (including phenoxy) is 1. The van der Waals surface area contributed by atoms with Gasteiger partial charge in [0.2, 0.25) is 0 Å². The normalized spacial score (nSPS) is 20.3. The number of rotatable bonds is 7. The Morgan fingerprint density at radius 2 is 1.75 bits per heavy atom. The van der Waals surface area contributed by atoms with Gasteiger partial charge >= 0.3 is 18.1 Å². The molecule has 3 N–H and O–H groups in total. The zero-order chi connectivity index (χ0) is 27.4. The van der Waals surface area contributed by atoms with E-state index in [9.17, 15) is 22.8 Å². The molecule has 5 rings (SSSR count). The number of halogens is 3. The largest absolute Gasteiger partial charge is 0.491 e. The number of carbonyl (C=O) groups is 2. The highest BCUT2D eigenvalue weighted by molar-refractivity contribution is 5.89. The molecule has 0 amide bonds. The van der Waals surface area contributed by atoms with Crippen LogP contribution >= 0.6 is 0 Å². The molecule has 0 unspecified atom stereocenters. The number of esters is 2. The standard InChI is InChI=1S/C29H37F3N4O3.H2O/c30-29(31,32)28(38)39-26(37)19-35-15-11-23(12-16-35)27-24-8-7-21(6-5-20-9-13-33-14-10-20)17-25(24)36(34-27)18-22-3-1-2-4-22;/h5-8,17,20,22-23,33H,1-4,9-16,18-19H2;1H2. The quantitative estimate of drug-likeness (QED) is 0.399. The summed E-state index contributed by atoms with van der Waals surface area (Å²) in [5.41, 5.74) is 3.40. The lowest BCUT2D eigenvalue weighted by Crippen LogP contribution is -2.39. The number of piperidine rings is 2. The van der Waals surface area contributed by atoms with Gasteiger partial charge in [0.05, 0.1) is 17.8 Å². The number of nitrogens with one attached hydrogen (secondary N) is 1. The van der Waals surface area contributed by atoms with Crippen LogP contribution < -0.4 is 5.32 Å². The molecule has 3 fully saturated rings. The van der Waals surface area contributed by atoms with E-state index in [0.717, 1.165) is 61.9 Å². The molecule has 8 nitrogen and oxygen atoms in total. The van der Waals surface area contributed by atoms with Crippen molar-refractivity contribution in [2.45, 2.75) is 70.0 Å². The molecule has 220 valence electrons. The molecule has 3 aliphatic rings. The topological polar surface area (TPSA) is 108 Å². The maximum Gasteiger partial charge on any atom is 0.491 e. The molecule has 11 heteroatoms. The Bertz CT molecular complexity index is 1190. The third kappa shape index (κ3) is 7.50. The Morgan fingerprint density at radius 3 is 2.42 bits per heavy atom. The van der Waals surface area contributed by atoms with Gasteiger partial charge in [-0.25, -0.2) is 4.79 Å². The number of allylic oxidation sites excluding steroid dienone is 1. The van der Waals surface area contributed by atoms with Crippen LogP contribution in [-0.4, -0.2) is 71.0 Å². The number of hydrogen-bond acceptors (Lipinski definition) is 6. The van der Waals surface area contributed by atoms with E-state index in [-0.39, 0.29) is 17.9 Å². The number of aromatic nitrogens is 2. The van der Waals surface area contributed by atoms with Gasteiger partial charge in [0.25, 0.3) is 0 Å². The van der Waals surface area contributed by atoms with Crippen LogP contribution in [0.2, 0.25) is 0 Å². The lowest BCUT2D eigenvalue weighted by atomic mass is 9.91. The fourth-order valence-electron chi connectivity index (χ4n) is 6.22. The summed E-state index contributed by atoms with van der Waals surface area (Å²) in [6, 6.07) is 6.59. The summed E-state index contributed by atoms with van der Waals surface area (Å²) >= 11 is 0. The molecule has 1 aromatic carbocycles. The van der Waals surface area contributed by atoms with E-state index in [0.29, 0.717) is 24.9 Å². The van der Waals surface area contributed by atoms with Crippen molar-refractivity contribution in [2.75, 3.05) is 32.7 Å². The first kappa shape index (κ1) is 30.2. The molecule has 2 saturated heterocycles. The van der Waals surface area contributed by atoms with Crippen molar-refractivity contribution < 1.29 is 33.0 Å². The number of likely N-dealkylation sites (tertiary alicyclic amines) is 1. The number of carbonyl (C=O) groups excluding carboxylic acids is 2. The molecule has 1 aromatic heterocycles. The maximum absolute atomic E-state index is 12.4. The second kappa shape index (κ2) is 13.3. The van der Waals surface area contributed by atoms with Gasteiger partial charge in [0.1, 0.15) is 0 Å².